The van der Waals surface area contributed by atoms with Crippen molar-refractivity contribution in [3.8, 4) is 11.5 Å². The first-order valence-corrected chi connectivity index (χ1v) is 8.18. The molecule has 1 aliphatic carbocycles. The summed E-state index contributed by atoms with van der Waals surface area (Å²) in [6.07, 6.45) is 5.74. The number of H-pyrrole nitrogens is 1. The van der Waals surface area contributed by atoms with E-state index in [-0.39, 0.29) is 6.04 Å². The van der Waals surface area contributed by atoms with Crippen LogP contribution in [-0.2, 0) is 0 Å². The van der Waals surface area contributed by atoms with E-state index in [1.165, 1.54) is 18.4 Å². The normalized spacial score (nSPS) is 17.7. The summed E-state index contributed by atoms with van der Waals surface area (Å²) in [7, 11) is 0. The molecule has 0 bridgehead atoms. The molecule has 0 radical (unpaired) electrons. The standard InChI is InChI=1S/C17H17N5O2/c1-2-10(1)15(11-3-4-13-14(7-11)24-6-5-23-13)21-16-12-8-20-22-17(12)19-9-18-16/h3-4,7-10,15H,1-2,5-6H2,(H2,18,19,20,21,22). The van der Waals surface area contributed by atoms with Gasteiger partial charge in [0, 0.05) is 0 Å². The molecule has 1 aromatic carbocycles. The monoisotopic (exact) mass is 323 g/mol. The van der Waals surface area contributed by atoms with E-state index in [9.17, 15) is 0 Å². The lowest BCUT2D eigenvalue weighted by Crippen LogP contribution is -2.17. The molecule has 1 aliphatic heterocycles. The van der Waals surface area contributed by atoms with Gasteiger partial charge in [-0.25, -0.2) is 9.97 Å². The predicted molar refractivity (Wildman–Crippen MR) is 88.2 cm³/mol. The lowest BCUT2D eigenvalue weighted by atomic mass is 10.0. The smallest absolute Gasteiger partial charge is 0.161 e. The number of benzene rings is 1. The Labute approximate surface area is 138 Å². The zero-order valence-corrected chi connectivity index (χ0v) is 13.0. The summed E-state index contributed by atoms with van der Waals surface area (Å²) in [5.74, 6) is 3.05. The van der Waals surface area contributed by atoms with Crippen LogP contribution in [0.4, 0.5) is 5.82 Å². The molecule has 7 heteroatoms. The highest BCUT2D eigenvalue weighted by Crippen LogP contribution is 2.45. The van der Waals surface area contributed by atoms with E-state index in [2.05, 4.69) is 37.6 Å². The maximum atomic E-state index is 5.73. The highest BCUT2D eigenvalue weighted by Gasteiger charge is 2.33. The van der Waals surface area contributed by atoms with Gasteiger partial charge in [0.1, 0.15) is 25.4 Å². The molecule has 1 saturated carbocycles. The Morgan fingerprint density at radius 2 is 2.00 bits per heavy atom. The Kier molecular flexibility index (Phi) is 3.04. The van der Waals surface area contributed by atoms with Gasteiger partial charge in [0.25, 0.3) is 0 Å². The SMILES string of the molecule is c1nc(NC(c2ccc3c(c2)OCCO3)C2CC2)c2cn[nH]c2n1. The lowest BCUT2D eigenvalue weighted by molar-refractivity contribution is 0.171. The summed E-state index contributed by atoms with van der Waals surface area (Å²) in [6.45, 7) is 1.20. The molecular formula is C17H17N5O2. The van der Waals surface area contributed by atoms with Gasteiger partial charge < -0.3 is 14.8 Å². The number of hydrogen-bond donors (Lipinski definition) is 2. The van der Waals surface area contributed by atoms with Crippen LogP contribution in [0.5, 0.6) is 11.5 Å². The number of fused-ring (bicyclic) bond motifs is 2. The first-order chi connectivity index (χ1) is 11.9. The number of nitrogens with one attached hydrogen (secondary N) is 2. The number of aromatic nitrogens is 4. The Bertz CT molecular complexity index is 890. The molecule has 1 unspecified atom stereocenters. The summed E-state index contributed by atoms with van der Waals surface area (Å²) in [6, 6.07) is 6.37. The predicted octanol–water partition coefficient (Wildman–Crippen LogP) is 2.69. The fraction of sp³-hybridized carbons (Fsp3) is 0.353. The van der Waals surface area contributed by atoms with E-state index >= 15 is 0 Å². The lowest BCUT2D eigenvalue weighted by Gasteiger charge is -2.23. The Balaban J connectivity index is 1.50. The van der Waals surface area contributed by atoms with Crippen LogP contribution in [0.3, 0.4) is 0 Å². The third-order valence-electron chi connectivity index (χ3n) is 4.56. The number of rotatable bonds is 4. The van der Waals surface area contributed by atoms with Gasteiger partial charge in [-0.15, -0.1) is 0 Å². The van der Waals surface area contributed by atoms with Crippen molar-refractivity contribution in [2.75, 3.05) is 18.5 Å². The first-order valence-electron chi connectivity index (χ1n) is 8.18. The van der Waals surface area contributed by atoms with Crippen molar-refractivity contribution in [2.24, 2.45) is 5.92 Å². The summed E-state index contributed by atoms with van der Waals surface area (Å²) < 4.78 is 11.4. The molecular weight excluding hydrogens is 306 g/mol. The Hall–Kier alpha value is -2.83. The molecule has 0 amide bonds. The summed E-state index contributed by atoms with van der Waals surface area (Å²) >= 11 is 0. The molecule has 1 atom stereocenters. The fourth-order valence-electron chi connectivity index (χ4n) is 3.18. The van der Waals surface area contributed by atoms with E-state index in [0.717, 1.165) is 28.4 Å². The first kappa shape index (κ1) is 13.6. The number of ether oxygens (including phenoxy) is 2. The van der Waals surface area contributed by atoms with Crippen molar-refractivity contribution >= 4 is 16.9 Å². The molecule has 1 fully saturated rings. The molecule has 0 spiro atoms. The van der Waals surface area contributed by atoms with Gasteiger partial charge in [0.05, 0.1) is 17.6 Å². The van der Waals surface area contributed by atoms with Crippen molar-refractivity contribution in [1.82, 2.24) is 20.2 Å². The number of nitrogens with zero attached hydrogens (tertiary/aromatic N) is 3. The largest absolute Gasteiger partial charge is 0.486 e. The van der Waals surface area contributed by atoms with Gasteiger partial charge in [-0.1, -0.05) is 6.07 Å². The summed E-state index contributed by atoms with van der Waals surface area (Å²) in [5.41, 5.74) is 1.93. The Morgan fingerprint density at radius 3 is 2.88 bits per heavy atom. The van der Waals surface area contributed by atoms with Crippen LogP contribution in [-0.4, -0.2) is 33.4 Å². The number of aromatic amines is 1. The molecule has 0 saturated heterocycles. The highest BCUT2D eigenvalue weighted by atomic mass is 16.6. The number of anilines is 1. The van der Waals surface area contributed by atoms with E-state index in [1.54, 1.807) is 12.5 Å². The highest BCUT2D eigenvalue weighted by molar-refractivity contribution is 5.85. The zero-order chi connectivity index (χ0) is 15.9. The summed E-state index contributed by atoms with van der Waals surface area (Å²) in [5, 5.41) is 11.4. The van der Waals surface area contributed by atoms with E-state index in [1.807, 2.05) is 6.07 Å². The minimum Gasteiger partial charge on any atom is -0.486 e. The van der Waals surface area contributed by atoms with Crippen molar-refractivity contribution < 1.29 is 9.47 Å². The molecule has 2 aromatic heterocycles. The third kappa shape index (κ3) is 2.33. The van der Waals surface area contributed by atoms with Crippen LogP contribution in [0.25, 0.3) is 11.0 Å². The Morgan fingerprint density at radius 1 is 1.12 bits per heavy atom. The second-order valence-corrected chi connectivity index (χ2v) is 6.22. The maximum absolute atomic E-state index is 5.73. The van der Waals surface area contributed by atoms with Crippen molar-refractivity contribution in [3.63, 3.8) is 0 Å². The van der Waals surface area contributed by atoms with Gasteiger partial charge in [0.15, 0.2) is 17.1 Å². The van der Waals surface area contributed by atoms with Gasteiger partial charge in [-0.3, -0.25) is 5.10 Å². The molecule has 5 rings (SSSR count). The van der Waals surface area contributed by atoms with Crippen molar-refractivity contribution in [3.05, 3.63) is 36.3 Å². The van der Waals surface area contributed by atoms with Crippen LogP contribution < -0.4 is 14.8 Å². The second kappa shape index (κ2) is 5.36. The second-order valence-electron chi connectivity index (χ2n) is 6.22. The van der Waals surface area contributed by atoms with Crippen LogP contribution >= 0.6 is 0 Å². The van der Waals surface area contributed by atoms with Crippen LogP contribution in [0.2, 0.25) is 0 Å². The maximum Gasteiger partial charge on any atom is 0.161 e. The fourth-order valence-corrected chi connectivity index (χ4v) is 3.18. The topological polar surface area (TPSA) is 85.0 Å². The molecule has 7 nitrogen and oxygen atoms in total. The van der Waals surface area contributed by atoms with Crippen LogP contribution in [0.1, 0.15) is 24.4 Å². The van der Waals surface area contributed by atoms with Gasteiger partial charge >= 0.3 is 0 Å². The summed E-state index contributed by atoms with van der Waals surface area (Å²) in [4.78, 5) is 8.60. The molecule has 2 N–H and O–H groups in total. The molecule has 3 heterocycles. The van der Waals surface area contributed by atoms with Crippen molar-refractivity contribution in [1.29, 1.82) is 0 Å². The van der Waals surface area contributed by atoms with E-state index in [4.69, 9.17) is 9.47 Å². The average molecular weight is 323 g/mol. The van der Waals surface area contributed by atoms with Gasteiger partial charge in [-0.2, -0.15) is 5.10 Å². The minimum absolute atomic E-state index is 0.189. The zero-order valence-electron chi connectivity index (χ0n) is 13.0. The molecule has 2 aliphatic rings. The van der Waals surface area contributed by atoms with Crippen molar-refractivity contribution in [2.45, 2.75) is 18.9 Å². The van der Waals surface area contributed by atoms with Crippen LogP contribution in [0.15, 0.2) is 30.7 Å². The average Bonchev–Trinajstić information content (AvgIpc) is 3.35. The van der Waals surface area contributed by atoms with E-state index in [0.29, 0.717) is 19.1 Å². The third-order valence-corrected chi connectivity index (χ3v) is 4.56. The quantitative estimate of drug-likeness (QED) is 0.768. The van der Waals surface area contributed by atoms with Crippen LogP contribution in [0, 0.1) is 5.92 Å². The molecule has 122 valence electrons. The van der Waals surface area contributed by atoms with Gasteiger partial charge in [0.2, 0.25) is 0 Å². The minimum atomic E-state index is 0.189. The number of hydrogen-bond acceptors (Lipinski definition) is 6. The molecule has 24 heavy (non-hydrogen) atoms. The van der Waals surface area contributed by atoms with E-state index < -0.39 is 0 Å². The molecule has 3 aromatic rings. The van der Waals surface area contributed by atoms with Gasteiger partial charge in [-0.05, 0) is 36.5 Å².